The van der Waals surface area contributed by atoms with E-state index in [4.69, 9.17) is 4.74 Å². The van der Waals surface area contributed by atoms with Crippen LogP contribution in [0.1, 0.15) is 63.9 Å². The number of carbonyl (C=O) groups is 2. The van der Waals surface area contributed by atoms with Crippen LogP contribution in [-0.4, -0.2) is 24.0 Å². The minimum Gasteiger partial charge on any atom is -0.484 e. The summed E-state index contributed by atoms with van der Waals surface area (Å²) in [6.07, 6.45) is 1.04. The van der Waals surface area contributed by atoms with Crippen molar-refractivity contribution in [2.24, 2.45) is 0 Å². The van der Waals surface area contributed by atoms with Gasteiger partial charge in [0.25, 0.3) is 11.8 Å². The number of rotatable bonds is 7. The van der Waals surface area contributed by atoms with Crippen molar-refractivity contribution >= 4 is 17.5 Å². The van der Waals surface area contributed by atoms with Crippen LogP contribution in [0.5, 0.6) is 5.75 Å². The number of anilines is 1. The molecular formula is C24H32N2O3. The molecule has 0 heterocycles. The van der Waals surface area contributed by atoms with Crippen molar-refractivity contribution in [2.45, 2.75) is 58.9 Å². The molecule has 5 heteroatoms. The summed E-state index contributed by atoms with van der Waals surface area (Å²) in [5.74, 6) is 0.186. The third-order valence-corrected chi connectivity index (χ3v) is 4.79. The molecule has 0 radical (unpaired) electrons. The SMILES string of the molecule is CCC(C)(C)c1ccc(OCC(=O)Nc2cccc(C(=O)NC(C)(C)C)c2)cc1. The van der Waals surface area contributed by atoms with E-state index in [-0.39, 0.29) is 29.4 Å². The summed E-state index contributed by atoms with van der Waals surface area (Å²) in [5.41, 5.74) is 2.07. The van der Waals surface area contributed by atoms with Crippen molar-refractivity contribution in [1.82, 2.24) is 5.32 Å². The molecule has 2 N–H and O–H groups in total. The number of benzene rings is 2. The van der Waals surface area contributed by atoms with Gasteiger partial charge in [0, 0.05) is 16.8 Å². The monoisotopic (exact) mass is 396 g/mol. The molecule has 0 aliphatic rings. The number of nitrogens with one attached hydrogen (secondary N) is 2. The van der Waals surface area contributed by atoms with E-state index in [9.17, 15) is 9.59 Å². The van der Waals surface area contributed by atoms with Crippen LogP contribution in [0.15, 0.2) is 48.5 Å². The van der Waals surface area contributed by atoms with Crippen LogP contribution >= 0.6 is 0 Å². The van der Waals surface area contributed by atoms with Gasteiger partial charge in [0.2, 0.25) is 0 Å². The second-order valence-corrected chi connectivity index (χ2v) is 8.88. The smallest absolute Gasteiger partial charge is 0.262 e. The maximum Gasteiger partial charge on any atom is 0.262 e. The van der Waals surface area contributed by atoms with Crippen LogP contribution < -0.4 is 15.4 Å². The van der Waals surface area contributed by atoms with Gasteiger partial charge in [-0.1, -0.05) is 39.0 Å². The van der Waals surface area contributed by atoms with Crippen molar-refractivity contribution < 1.29 is 14.3 Å². The number of hydrogen-bond acceptors (Lipinski definition) is 3. The fourth-order valence-corrected chi connectivity index (χ4v) is 2.70. The number of carbonyl (C=O) groups excluding carboxylic acids is 2. The Morgan fingerprint density at radius 3 is 2.21 bits per heavy atom. The van der Waals surface area contributed by atoms with Crippen molar-refractivity contribution in [1.29, 1.82) is 0 Å². The summed E-state index contributed by atoms with van der Waals surface area (Å²) < 4.78 is 5.59. The van der Waals surface area contributed by atoms with E-state index in [1.165, 1.54) is 5.56 Å². The first-order valence-electron chi connectivity index (χ1n) is 9.96. The fourth-order valence-electron chi connectivity index (χ4n) is 2.70. The lowest BCUT2D eigenvalue weighted by Crippen LogP contribution is -2.40. The molecule has 0 aliphatic carbocycles. The average molecular weight is 397 g/mol. The largest absolute Gasteiger partial charge is 0.484 e. The third-order valence-electron chi connectivity index (χ3n) is 4.79. The summed E-state index contributed by atoms with van der Waals surface area (Å²) >= 11 is 0. The molecule has 0 saturated carbocycles. The maximum atomic E-state index is 12.3. The first-order chi connectivity index (χ1) is 13.5. The van der Waals surface area contributed by atoms with E-state index in [1.54, 1.807) is 24.3 Å². The van der Waals surface area contributed by atoms with Crippen molar-refractivity contribution in [3.63, 3.8) is 0 Å². The highest BCUT2D eigenvalue weighted by atomic mass is 16.5. The highest BCUT2D eigenvalue weighted by molar-refractivity contribution is 5.97. The molecule has 0 atom stereocenters. The Balaban J connectivity index is 1.93. The zero-order chi connectivity index (χ0) is 21.7. The van der Waals surface area contributed by atoms with Gasteiger partial charge in [-0.2, -0.15) is 0 Å². The summed E-state index contributed by atoms with van der Waals surface area (Å²) in [7, 11) is 0. The van der Waals surface area contributed by atoms with E-state index < -0.39 is 0 Å². The molecule has 0 bridgehead atoms. The molecule has 0 aliphatic heterocycles. The number of ether oxygens (including phenoxy) is 1. The molecule has 2 aromatic rings. The predicted octanol–water partition coefficient (Wildman–Crippen LogP) is 4.92. The molecule has 0 aromatic heterocycles. The Hall–Kier alpha value is -2.82. The molecule has 2 aromatic carbocycles. The topological polar surface area (TPSA) is 67.4 Å². The molecule has 156 valence electrons. The Morgan fingerprint density at radius 1 is 0.966 bits per heavy atom. The lowest BCUT2D eigenvalue weighted by molar-refractivity contribution is -0.118. The van der Waals surface area contributed by atoms with Crippen LogP contribution in [0.4, 0.5) is 5.69 Å². The Bertz CT molecular complexity index is 849. The van der Waals surface area contributed by atoms with E-state index in [2.05, 4.69) is 31.4 Å². The molecule has 2 rings (SSSR count). The van der Waals surface area contributed by atoms with E-state index >= 15 is 0 Å². The molecule has 0 unspecified atom stereocenters. The lowest BCUT2D eigenvalue weighted by atomic mass is 9.82. The summed E-state index contributed by atoms with van der Waals surface area (Å²) in [6, 6.07) is 14.7. The first-order valence-corrected chi connectivity index (χ1v) is 9.96. The summed E-state index contributed by atoms with van der Waals surface area (Å²) in [4.78, 5) is 24.5. The standard InChI is InChI=1S/C24H32N2O3/c1-7-24(5,6)18-11-13-20(14-12-18)29-16-21(27)25-19-10-8-9-17(15-19)22(28)26-23(2,3)4/h8-15H,7,16H2,1-6H3,(H,25,27)(H,26,28). The molecule has 5 nitrogen and oxygen atoms in total. The van der Waals surface area contributed by atoms with Crippen molar-refractivity contribution in [2.75, 3.05) is 11.9 Å². The quantitative estimate of drug-likeness (QED) is 0.698. The Kier molecular flexibility index (Phi) is 7.07. The van der Waals surface area contributed by atoms with Crippen LogP contribution in [-0.2, 0) is 10.2 Å². The molecule has 0 saturated heterocycles. The molecule has 0 fully saturated rings. The van der Waals surface area contributed by atoms with E-state index in [0.29, 0.717) is 17.0 Å². The second-order valence-electron chi connectivity index (χ2n) is 8.88. The van der Waals surface area contributed by atoms with Gasteiger partial charge in [-0.25, -0.2) is 0 Å². The zero-order valence-electron chi connectivity index (χ0n) is 18.3. The van der Waals surface area contributed by atoms with Gasteiger partial charge in [0.15, 0.2) is 6.61 Å². The summed E-state index contributed by atoms with van der Waals surface area (Å²) in [5, 5.41) is 5.68. The van der Waals surface area contributed by atoms with Gasteiger partial charge in [0.05, 0.1) is 0 Å². The molecule has 29 heavy (non-hydrogen) atoms. The third kappa shape index (κ3) is 6.93. The first kappa shape index (κ1) is 22.5. The number of amides is 2. The van der Waals surface area contributed by atoms with E-state index in [0.717, 1.165) is 6.42 Å². The Labute approximate surface area is 173 Å². The van der Waals surface area contributed by atoms with Crippen LogP contribution in [0.25, 0.3) is 0 Å². The van der Waals surface area contributed by atoms with Gasteiger partial charge in [0.1, 0.15) is 5.75 Å². The van der Waals surface area contributed by atoms with Gasteiger partial charge in [-0.15, -0.1) is 0 Å². The molecule has 2 amide bonds. The van der Waals surface area contributed by atoms with Gasteiger partial charge >= 0.3 is 0 Å². The predicted molar refractivity (Wildman–Crippen MR) is 118 cm³/mol. The number of hydrogen-bond donors (Lipinski definition) is 2. The van der Waals surface area contributed by atoms with Gasteiger partial charge in [-0.3, -0.25) is 9.59 Å². The lowest BCUT2D eigenvalue weighted by Gasteiger charge is -2.23. The fraction of sp³-hybridized carbons (Fsp3) is 0.417. The summed E-state index contributed by atoms with van der Waals surface area (Å²) in [6.45, 7) is 12.2. The second kappa shape index (κ2) is 9.12. The van der Waals surface area contributed by atoms with Crippen LogP contribution in [0.2, 0.25) is 0 Å². The van der Waals surface area contributed by atoms with Crippen molar-refractivity contribution in [3.05, 3.63) is 59.7 Å². The minimum absolute atomic E-state index is 0.102. The highest BCUT2D eigenvalue weighted by Crippen LogP contribution is 2.28. The van der Waals surface area contributed by atoms with Gasteiger partial charge < -0.3 is 15.4 Å². The van der Waals surface area contributed by atoms with E-state index in [1.807, 2.05) is 45.0 Å². The molecule has 0 spiro atoms. The average Bonchev–Trinajstić information content (AvgIpc) is 2.65. The van der Waals surface area contributed by atoms with Gasteiger partial charge in [-0.05, 0) is 68.5 Å². The zero-order valence-corrected chi connectivity index (χ0v) is 18.3. The minimum atomic E-state index is -0.327. The van der Waals surface area contributed by atoms with Crippen LogP contribution in [0.3, 0.4) is 0 Å². The Morgan fingerprint density at radius 2 is 1.62 bits per heavy atom. The van der Waals surface area contributed by atoms with Crippen molar-refractivity contribution in [3.8, 4) is 5.75 Å². The highest BCUT2D eigenvalue weighted by Gasteiger charge is 2.18. The van der Waals surface area contributed by atoms with Crippen LogP contribution in [0, 0.1) is 0 Å². The maximum absolute atomic E-state index is 12.3. The molecular weight excluding hydrogens is 364 g/mol. The normalized spacial score (nSPS) is 11.7.